The summed E-state index contributed by atoms with van der Waals surface area (Å²) in [7, 11) is 0. The molecule has 32 heavy (non-hydrogen) atoms. The molecule has 3 rings (SSSR count). The van der Waals surface area contributed by atoms with Crippen LogP contribution in [-0.4, -0.2) is 29.3 Å². The molecule has 3 aromatic rings. The van der Waals surface area contributed by atoms with Crippen molar-refractivity contribution in [3.8, 4) is 23.0 Å². The van der Waals surface area contributed by atoms with Gasteiger partial charge in [0.15, 0.2) is 6.61 Å². The minimum atomic E-state index is -4.40. The molecule has 0 aliphatic carbocycles. The van der Waals surface area contributed by atoms with Crippen LogP contribution in [0.15, 0.2) is 46.9 Å². The second kappa shape index (κ2) is 9.76. The zero-order chi connectivity index (χ0) is 23.3. The standard InChI is InChI=1S/C23H22F3NO5/c1-3-18-20(32-22(27-18)15-4-6-16(7-5-15)23(24,25)26)10-11-30-17-8-9-19(14(2)12-17)31-13-21(28)29/h4-9,12H,3,10-11,13H2,1-2H3,(H,28,29). The summed E-state index contributed by atoms with van der Waals surface area (Å²) < 4.78 is 55.0. The van der Waals surface area contributed by atoms with Crippen molar-refractivity contribution in [3.05, 3.63) is 65.0 Å². The Hall–Kier alpha value is -3.49. The summed E-state index contributed by atoms with van der Waals surface area (Å²) in [4.78, 5) is 15.0. The molecule has 6 nitrogen and oxygen atoms in total. The van der Waals surface area contributed by atoms with E-state index in [1.807, 2.05) is 6.92 Å². The SMILES string of the molecule is CCc1nc(-c2ccc(C(F)(F)F)cc2)oc1CCOc1ccc(OCC(=O)O)c(C)c1. The predicted octanol–water partition coefficient (Wildman–Crippen LogP) is 5.32. The minimum Gasteiger partial charge on any atom is -0.493 e. The Labute approximate surface area is 182 Å². The molecular weight excluding hydrogens is 427 g/mol. The van der Waals surface area contributed by atoms with Gasteiger partial charge in [-0.15, -0.1) is 0 Å². The minimum absolute atomic E-state index is 0.265. The van der Waals surface area contributed by atoms with E-state index in [1.165, 1.54) is 12.1 Å². The Bertz CT molecular complexity index is 1070. The highest BCUT2D eigenvalue weighted by molar-refractivity contribution is 5.68. The van der Waals surface area contributed by atoms with E-state index in [-0.39, 0.29) is 5.89 Å². The Kier molecular flexibility index (Phi) is 7.07. The van der Waals surface area contributed by atoms with E-state index in [9.17, 15) is 18.0 Å². The van der Waals surface area contributed by atoms with Crippen LogP contribution < -0.4 is 9.47 Å². The summed E-state index contributed by atoms with van der Waals surface area (Å²) >= 11 is 0. The fraction of sp³-hybridized carbons (Fsp3) is 0.304. The van der Waals surface area contributed by atoms with E-state index in [2.05, 4.69) is 4.98 Å². The lowest BCUT2D eigenvalue weighted by Gasteiger charge is -2.10. The van der Waals surface area contributed by atoms with Crippen LogP contribution in [0.4, 0.5) is 13.2 Å². The van der Waals surface area contributed by atoms with Gasteiger partial charge in [-0.2, -0.15) is 13.2 Å². The van der Waals surface area contributed by atoms with Crippen LogP contribution in [0.1, 0.15) is 29.5 Å². The number of benzene rings is 2. The van der Waals surface area contributed by atoms with Crippen LogP contribution in [0.25, 0.3) is 11.5 Å². The smallest absolute Gasteiger partial charge is 0.416 e. The number of aryl methyl sites for hydroxylation is 2. The van der Waals surface area contributed by atoms with Crippen molar-refractivity contribution in [3.63, 3.8) is 0 Å². The second-order valence-corrected chi connectivity index (χ2v) is 7.03. The second-order valence-electron chi connectivity index (χ2n) is 7.03. The largest absolute Gasteiger partial charge is 0.493 e. The van der Waals surface area contributed by atoms with Crippen LogP contribution >= 0.6 is 0 Å². The molecule has 0 aliphatic heterocycles. The number of ether oxygens (including phenoxy) is 2. The quantitative estimate of drug-likeness (QED) is 0.476. The van der Waals surface area contributed by atoms with Crippen LogP contribution in [0.3, 0.4) is 0 Å². The topological polar surface area (TPSA) is 81.8 Å². The fourth-order valence-electron chi connectivity index (χ4n) is 3.05. The highest BCUT2D eigenvalue weighted by Gasteiger charge is 2.30. The van der Waals surface area contributed by atoms with Gasteiger partial charge in [0.2, 0.25) is 5.89 Å². The average Bonchev–Trinajstić information content (AvgIpc) is 3.16. The zero-order valence-corrected chi connectivity index (χ0v) is 17.5. The highest BCUT2D eigenvalue weighted by Crippen LogP contribution is 2.31. The Morgan fingerprint density at radius 2 is 1.84 bits per heavy atom. The maximum absolute atomic E-state index is 12.8. The van der Waals surface area contributed by atoms with Gasteiger partial charge in [0.25, 0.3) is 0 Å². The van der Waals surface area contributed by atoms with E-state index in [0.717, 1.165) is 23.4 Å². The summed E-state index contributed by atoms with van der Waals surface area (Å²) in [5, 5.41) is 8.70. The molecule has 0 atom stereocenters. The fourth-order valence-corrected chi connectivity index (χ4v) is 3.05. The molecule has 0 radical (unpaired) electrons. The first kappa shape index (κ1) is 23.2. The van der Waals surface area contributed by atoms with Gasteiger partial charge in [0.05, 0.1) is 17.9 Å². The predicted molar refractivity (Wildman–Crippen MR) is 110 cm³/mol. The van der Waals surface area contributed by atoms with E-state index < -0.39 is 24.3 Å². The van der Waals surface area contributed by atoms with Crippen LogP contribution in [0.2, 0.25) is 0 Å². The molecule has 0 unspecified atom stereocenters. The number of nitrogens with zero attached hydrogens (tertiary/aromatic N) is 1. The number of carboxylic acids is 1. The van der Waals surface area contributed by atoms with Crippen LogP contribution in [0.5, 0.6) is 11.5 Å². The van der Waals surface area contributed by atoms with Crippen molar-refractivity contribution < 1.29 is 37.0 Å². The van der Waals surface area contributed by atoms with Gasteiger partial charge in [0.1, 0.15) is 17.3 Å². The van der Waals surface area contributed by atoms with E-state index in [0.29, 0.717) is 42.3 Å². The molecule has 0 aliphatic rings. The number of rotatable bonds is 9. The van der Waals surface area contributed by atoms with E-state index >= 15 is 0 Å². The van der Waals surface area contributed by atoms with Gasteiger partial charge in [0, 0.05) is 12.0 Å². The van der Waals surface area contributed by atoms with Crippen molar-refractivity contribution in [2.24, 2.45) is 0 Å². The maximum atomic E-state index is 12.8. The number of aliphatic carboxylic acids is 1. The maximum Gasteiger partial charge on any atom is 0.416 e. The third kappa shape index (κ3) is 5.81. The summed E-state index contributed by atoms with van der Waals surface area (Å²) in [5.74, 6) is 0.871. The van der Waals surface area contributed by atoms with E-state index in [1.54, 1.807) is 25.1 Å². The Morgan fingerprint density at radius 3 is 2.44 bits per heavy atom. The van der Waals surface area contributed by atoms with Gasteiger partial charge in [-0.3, -0.25) is 0 Å². The third-order valence-corrected chi connectivity index (χ3v) is 4.67. The first-order valence-corrected chi connectivity index (χ1v) is 9.91. The molecule has 170 valence electrons. The van der Waals surface area contributed by atoms with Crippen molar-refractivity contribution in [2.75, 3.05) is 13.2 Å². The van der Waals surface area contributed by atoms with Crippen molar-refractivity contribution >= 4 is 5.97 Å². The van der Waals surface area contributed by atoms with Gasteiger partial charge >= 0.3 is 12.1 Å². The molecule has 0 spiro atoms. The number of carbonyl (C=O) groups is 1. The summed E-state index contributed by atoms with van der Waals surface area (Å²) in [6.07, 6.45) is -3.37. The first-order chi connectivity index (χ1) is 15.2. The van der Waals surface area contributed by atoms with Crippen LogP contribution in [0, 0.1) is 6.92 Å². The van der Waals surface area contributed by atoms with Gasteiger partial charge < -0.3 is 19.0 Å². The van der Waals surface area contributed by atoms with Gasteiger partial charge in [-0.05, 0) is 61.4 Å². The number of hydrogen-bond donors (Lipinski definition) is 1. The van der Waals surface area contributed by atoms with E-state index in [4.69, 9.17) is 19.0 Å². The van der Waals surface area contributed by atoms with Crippen molar-refractivity contribution in [2.45, 2.75) is 32.9 Å². The number of carboxylic acid groups (broad SMARTS) is 1. The molecule has 0 amide bonds. The molecule has 0 bridgehead atoms. The molecular formula is C23H22F3NO5. The summed E-state index contributed by atoms with van der Waals surface area (Å²) in [5.41, 5.74) is 1.19. The molecule has 1 heterocycles. The lowest BCUT2D eigenvalue weighted by Crippen LogP contribution is -2.10. The molecule has 1 aromatic heterocycles. The van der Waals surface area contributed by atoms with Crippen molar-refractivity contribution in [1.82, 2.24) is 4.98 Å². The zero-order valence-electron chi connectivity index (χ0n) is 17.5. The van der Waals surface area contributed by atoms with Gasteiger partial charge in [-0.1, -0.05) is 6.92 Å². The Morgan fingerprint density at radius 1 is 1.12 bits per heavy atom. The monoisotopic (exact) mass is 449 g/mol. The summed E-state index contributed by atoms with van der Waals surface area (Å²) in [6, 6.07) is 9.74. The van der Waals surface area contributed by atoms with Gasteiger partial charge in [-0.25, -0.2) is 9.78 Å². The highest BCUT2D eigenvalue weighted by atomic mass is 19.4. The molecule has 9 heteroatoms. The lowest BCUT2D eigenvalue weighted by molar-refractivity contribution is -0.139. The number of oxazole rings is 1. The summed E-state index contributed by atoms with van der Waals surface area (Å²) in [6.45, 7) is 3.57. The first-order valence-electron chi connectivity index (χ1n) is 9.91. The Balaban J connectivity index is 1.64. The molecule has 0 saturated carbocycles. The number of hydrogen-bond acceptors (Lipinski definition) is 5. The molecule has 0 saturated heterocycles. The average molecular weight is 449 g/mol. The molecule has 1 N–H and O–H groups in total. The lowest BCUT2D eigenvalue weighted by atomic mass is 10.1. The molecule has 0 fully saturated rings. The number of aromatic nitrogens is 1. The normalized spacial score (nSPS) is 11.4. The number of halogens is 3. The third-order valence-electron chi connectivity index (χ3n) is 4.67. The van der Waals surface area contributed by atoms with Crippen molar-refractivity contribution in [1.29, 1.82) is 0 Å². The number of alkyl halides is 3. The van der Waals surface area contributed by atoms with Crippen LogP contribution in [-0.2, 0) is 23.8 Å². The molecule has 2 aromatic carbocycles.